The van der Waals surface area contributed by atoms with Gasteiger partial charge in [-0.1, -0.05) is 13.3 Å². The molecule has 2 aliphatic heterocycles. The van der Waals surface area contributed by atoms with E-state index in [-0.39, 0.29) is 5.82 Å². The molecule has 0 amide bonds. The van der Waals surface area contributed by atoms with Gasteiger partial charge in [0.1, 0.15) is 5.82 Å². The zero-order chi connectivity index (χ0) is 12.7. The minimum absolute atomic E-state index is 0.192. The summed E-state index contributed by atoms with van der Waals surface area (Å²) in [5, 5.41) is 3.37. The topological polar surface area (TPSA) is 15.3 Å². The van der Waals surface area contributed by atoms with E-state index >= 15 is 0 Å². The monoisotopic (exact) mass is 312 g/mol. The molecule has 0 aromatic heterocycles. The van der Waals surface area contributed by atoms with Crippen molar-refractivity contribution >= 4 is 27.3 Å². The lowest BCUT2D eigenvalue weighted by atomic mass is 9.87. The Kier molecular flexibility index (Phi) is 3.22. The number of halogens is 2. The largest absolute Gasteiger partial charge is 0.381 e. The first kappa shape index (κ1) is 12.3. The normalized spacial score (nSPS) is 26.3. The molecule has 1 saturated heterocycles. The van der Waals surface area contributed by atoms with E-state index in [2.05, 4.69) is 33.1 Å². The van der Waals surface area contributed by atoms with Crippen molar-refractivity contribution in [3.63, 3.8) is 0 Å². The number of benzene rings is 1. The number of nitrogens with zero attached hydrogens (tertiary/aromatic N) is 1. The van der Waals surface area contributed by atoms with Gasteiger partial charge >= 0.3 is 0 Å². The molecule has 2 aliphatic rings. The summed E-state index contributed by atoms with van der Waals surface area (Å²) in [7, 11) is 0. The lowest BCUT2D eigenvalue weighted by Gasteiger charge is -2.45. The van der Waals surface area contributed by atoms with Crippen LogP contribution in [-0.4, -0.2) is 19.1 Å². The molecule has 2 heterocycles. The van der Waals surface area contributed by atoms with Crippen LogP contribution in [0.15, 0.2) is 16.6 Å². The highest BCUT2D eigenvalue weighted by Gasteiger charge is 2.32. The molecule has 3 rings (SSSR count). The minimum atomic E-state index is -0.192. The fourth-order valence-corrected chi connectivity index (χ4v) is 3.49. The van der Waals surface area contributed by atoms with Crippen LogP contribution in [0.4, 0.5) is 15.8 Å². The Labute approximate surface area is 116 Å². The van der Waals surface area contributed by atoms with Crippen molar-refractivity contribution < 1.29 is 4.39 Å². The third-order valence-electron chi connectivity index (χ3n) is 4.28. The molecule has 0 spiro atoms. The van der Waals surface area contributed by atoms with E-state index < -0.39 is 0 Å². The molecule has 1 aromatic carbocycles. The number of fused-ring (bicyclic) bond motifs is 3. The summed E-state index contributed by atoms with van der Waals surface area (Å²) >= 11 is 3.29. The number of hydrogen-bond acceptors (Lipinski definition) is 2. The van der Waals surface area contributed by atoms with E-state index in [0.29, 0.717) is 10.5 Å². The molecule has 1 aromatic rings. The maximum absolute atomic E-state index is 13.5. The van der Waals surface area contributed by atoms with Crippen molar-refractivity contribution in [1.82, 2.24) is 0 Å². The van der Waals surface area contributed by atoms with Gasteiger partial charge in [-0.05, 0) is 40.8 Å². The Morgan fingerprint density at radius 3 is 3.11 bits per heavy atom. The van der Waals surface area contributed by atoms with Gasteiger partial charge in [0.2, 0.25) is 0 Å². The standard InChI is InChI=1S/C14H18BrFN2/c1-2-9-3-4-18-10(5-9)8-17-13-7-12(16)11(15)6-14(13)18/h6-7,9-10,17H,2-5,8H2,1H3. The number of nitrogens with one attached hydrogen (secondary N) is 1. The number of hydrogen-bond donors (Lipinski definition) is 1. The predicted octanol–water partition coefficient (Wildman–Crippen LogP) is 4.01. The van der Waals surface area contributed by atoms with Crippen LogP contribution in [0.1, 0.15) is 26.2 Å². The van der Waals surface area contributed by atoms with Gasteiger partial charge in [-0.15, -0.1) is 0 Å². The van der Waals surface area contributed by atoms with Crippen LogP contribution in [0.3, 0.4) is 0 Å². The summed E-state index contributed by atoms with van der Waals surface area (Å²) < 4.78 is 14.1. The van der Waals surface area contributed by atoms with Gasteiger partial charge in [0.15, 0.2) is 0 Å². The summed E-state index contributed by atoms with van der Waals surface area (Å²) in [4.78, 5) is 2.45. The Hall–Kier alpha value is -0.770. The fourth-order valence-electron chi connectivity index (χ4n) is 3.16. The molecule has 4 heteroatoms. The second-order valence-electron chi connectivity index (χ2n) is 5.31. The van der Waals surface area contributed by atoms with Gasteiger partial charge in [-0.25, -0.2) is 4.39 Å². The van der Waals surface area contributed by atoms with E-state index in [4.69, 9.17) is 0 Å². The van der Waals surface area contributed by atoms with Crippen LogP contribution in [-0.2, 0) is 0 Å². The molecule has 0 saturated carbocycles. The van der Waals surface area contributed by atoms with E-state index in [1.165, 1.54) is 19.3 Å². The van der Waals surface area contributed by atoms with Crippen LogP contribution < -0.4 is 10.2 Å². The van der Waals surface area contributed by atoms with E-state index in [1.807, 2.05) is 6.07 Å². The van der Waals surface area contributed by atoms with Crippen LogP contribution in [0.5, 0.6) is 0 Å². The van der Waals surface area contributed by atoms with Crippen molar-refractivity contribution in [1.29, 1.82) is 0 Å². The zero-order valence-corrected chi connectivity index (χ0v) is 12.1. The molecule has 2 atom stereocenters. The molecule has 0 aliphatic carbocycles. The fraction of sp³-hybridized carbons (Fsp3) is 0.571. The molecule has 1 fully saturated rings. The third kappa shape index (κ3) is 2.00. The second kappa shape index (κ2) is 4.72. The minimum Gasteiger partial charge on any atom is -0.381 e. The average Bonchev–Trinajstić information content (AvgIpc) is 2.39. The summed E-state index contributed by atoms with van der Waals surface area (Å²) in [6.07, 6.45) is 3.77. The predicted molar refractivity (Wildman–Crippen MR) is 76.7 cm³/mol. The Morgan fingerprint density at radius 2 is 2.33 bits per heavy atom. The second-order valence-corrected chi connectivity index (χ2v) is 6.16. The van der Waals surface area contributed by atoms with Gasteiger partial charge in [-0.2, -0.15) is 0 Å². The molecule has 0 bridgehead atoms. The molecule has 1 N–H and O–H groups in total. The van der Waals surface area contributed by atoms with Gasteiger partial charge < -0.3 is 10.2 Å². The van der Waals surface area contributed by atoms with Crippen molar-refractivity contribution in [2.45, 2.75) is 32.2 Å². The highest BCUT2D eigenvalue weighted by molar-refractivity contribution is 9.10. The number of rotatable bonds is 1. The van der Waals surface area contributed by atoms with Crippen LogP contribution in [0.2, 0.25) is 0 Å². The first-order valence-corrected chi connectivity index (χ1v) is 7.48. The Morgan fingerprint density at radius 1 is 1.50 bits per heavy atom. The van der Waals surface area contributed by atoms with Crippen LogP contribution in [0.25, 0.3) is 0 Å². The van der Waals surface area contributed by atoms with Crippen molar-refractivity contribution in [3.05, 3.63) is 22.4 Å². The summed E-state index contributed by atoms with van der Waals surface area (Å²) in [5.74, 6) is 0.654. The Balaban J connectivity index is 1.92. The van der Waals surface area contributed by atoms with Crippen molar-refractivity contribution in [3.8, 4) is 0 Å². The lowest BCUT2D eigenvalue weighted by Crippen LogP contribution is -2.49. The van der Waals surface area contributed by atoms with Gasteiger partial charge in [0.05, 0.1) is 15.8 Å². The van der Waals surface area contributed by atoms with E-state index in [1.54, 1.807) is 6.07 Å². The smallest absolute Gasteiger partial charge is 0.139 e. The molecular formula is C14H18BrFN2. The van der Waals surface area contributed by atoms with Gasteiger partial charge in [-0.3, -0.25) is 0 Å². The highest BCUT2D eigenvalue weighted by Crippen LogP contribution is 2.39. The van der Waals surface area contributed by atoms with E-state index in [9.17, 15) is 4.39 Å². The highest BCUT2D eigenvalue weighted by atomic mass is 79.9. The molecule has 18 heavy (non-hydrogen) atoms. The number of anilines is 2. The van der Waals surface area contributed by atoms with Crippen molar-refractivity contribution in [2.75, 3.05) is 23.3 Å². The quantitative estimate of drug-likeness (QED) is 0.843. The first-order chi connectivity index (χ1) is 8.69. The van der Waals surface area contributed by atoms with Crippen LogP contribution in [0, 0.1) is 11.7 Å². The summed E-state index contributed by atoms with van der Waals surface area (Å²) in [5.41, 5.74) is 2.08. The lowest BCUT2D eigenvalue weighted by molar-refractivity contribution is 0.336. The molecule has 98 valence electrons. The maximum Gasteiger partial charge on any atom is 0.139 e. The van der Waals surface area contributed by atoms with E-state index in [0.717, 1.165) is 30.4 Å². The summed E-state index contributed by atoms with van der Waals surface area (Å²) in [6, 6.07) is 4.08. The molecule has 2 nitrogen and oxygen atoms in total. The Bertz CT molecular complexity index is 463. The third-order valence-corrected chi connectivity index (χ3v) is 4.89. The van der Waals surface area contributed by atoms with Gasteiger partial charge in [0, 0.05) is 25.2 Å². The first-order valence-electron chi connectivity index (χ1n) is 6.68. The average molecular weight is 313 g/mol. The maximum atomic E-state index is 13.5. The van der Waals surface area contributed by atoms with Crippen LogP contribution >= 0.6 is 15.9 Å². The molecule has 2 unspecified atom stereocenters. The molecular weight excluding hydrogens is 295 g/mol. The SMILES string of the molecule is CCC1CCN2c3cc(Br)c(F)cc3NCC2C1. The van der Waals surface area contributed by atoms with Crippen molar-refractivity contribution in [2.24, 2.45) is 5.92 Å². The molecule has 0 radical (unpaired) electrons. The number of piperidine rings is 1. The van der Waals surface area contributed by atoms with Gasteiger partial charge in [0.25, 0.3) is 0 Å². The zero-order valence-electron chi connectivity index (χ0n) is 10.5. The summed E-state index contributed by atoms with van der Waals surface area (Å²) in [6.45, 7) is 4.30.